The average molecular weight is 365 g/mol. The molecule has 0 saturated carbocycles. The van der Waals surface area contributed by atoms with Crippen LogP contribution in [0.25, 0.3) is 0 Å². The highest BCUT2D eigenvalue weighted by Crippen LogP contribution is 2.36. The first kappa shape index (κ1) is 18.0. The first-order chi connectivity index (χ1) is 12.4. The van der Waals surface area contributed by atoms with Crippen LogP contribution >= 0.6 is 0 Å². The molecule has 0 aliphatic carbocycles. The fourth-order valence-corrected chi connectivity index (χ4v) is 2.95. The summed E-state index contributed by atoms with van der Waals surface area (Å²) in [7, 11) is 0. The quantitative estimate of drug-likeness (QED) is 0.644. The van der Waals surface area contributed by atoms with Gasteiger partial charge in [-0.15, -0.1) is 5.10 Å². The normalized spacial score (nSPS) is 22.5. The van der Waals surface area contributed by atoms with Gasteiger partial charge in [0.1, 0.15) is 18.9 Å². The van der Waals surface area contributed by atoms with E-state index in [1.54, 1.807) is 6.92 Å². The van der Waals surface area contributed by atoms with Crippen LogP contribution in [0.2, 0.25) is 0 Å². The lowest BCUT2D eigenvalue weighted by Gasteiger charge is -2.19. The number of nitrogens with one attached hydrogen (secondary N) is 1. The summed E-state index contributed by atoms with van der Waals surface area (Å²) in [5, 5.41) is 17.2. The van der Waals surface area contributed by atoms with Crippen molar-refractivity contribution < 1.29 is 19.4 Å². The molecule has 1 aliphatic rings. The zero-order valence-corrected chi connectivity index (χ0v) is 14.3. The lowest BCUT2D eigenvalue weighted by molar-refractivity contribution is -0.146. The van der Waals surface area contributed by atoms with Crippen LogP contribution in [-0.2, 0) is 20.9 Å². The number of nitrogens with zero attached hydrogens (tertiary/aromatic N) is 4. The zero-order valence-electron chi connectivity index (χ0n) is 14.3. The maximum absolute atomic E-state index is 12.1. The topological polar surface area (TPSA) is 141 Å². The molecule has 140 valence electrons. The van der Waals surface area contributed by atoms with Crippen molar-refractivity contribution in [2.45, 2.75) is 45.2 Å². The van der Waals surface area contributed by atoms with Gasteiger partial charge in [0.05, 0.1) is 24.5 Å². The molecule has 11 nitrogen and oxygen atoms in total. The first-order valence-corrected chi connectivity index (χ1v) is 8.01. The van der Waals surface area contributed by atoms with Crippen molar-refractivity contribution in [1.29, 1.82) is 0 Å². The highest BCUT2D eigenvalue weighted by molar-refractivity contribution is 5.65. The number of ether oxygens (including phenoxy) is 2. The number of esters is 1. The minimum atomic E-state index is -0.695. The van der Waals surface area contributed by atoms with Gasteiger partial charge in [0.2, 0.25) is 0 Å². The van der Waals surface area contributed by atoms with Crippen molar-refractivity contribution in [3.05, 3.63) is 44.5 Å². The van der Waals surface area contributed by atoms with E-state index in [-0.39, 0.29) is 13.2 Å². The van der Waals surface area contributed by atoms with E-state index in [0.29, 0.717) is 17.7 Å². The van der Waals surface area contributed by atoms with Crippen molar-refractivity contribution in [1.82, 2.24) is 24.5 Å². The molecule has 3 heterocycles. The minimum Gasteiger partial charge on any atom is -0.463 e. The summed E-state index contributed by atoms with van der Waals surface area (Å²) < 4.78 is 13.7. The fraction of sp³-hybridized carbons (Fsp3) is 0.533. The molecule has 11 heteroatoms. The number of aryl methyl sites for hydroxylation is 1. The Bertz CT molecular complexity index is 916. The van der Waals surface area contributed by atoms with Gasteiger partial charge in [-0.2, -0.15) is 0 Å². The van der Waals surface area contributed by atoms with E-state index in [1.807, 2.05) is 0 Å². The molecule has 3 atom stereocenters. The maximum Gasteiger partial charge on any atom is 0.330 e. The fourth-order valence-electron chi connectivity index (χ4n) is 2.95. The number of rotatable bonds is 5. The van der Waals surface area contributed by atoms with Crippen LogP contribution in [0.1, 0.15) is 36.9 Å². The molecule has 2 N–H and O–H groups in total. The summed E-state index contributed by atoms with van der Waals surface area (Å²) in [5.41, 5.74) is -0.225. The van der Waals surface area contributed by atoms with Gasteiger partial charge in [0.25, 0.3) is 5.56 Å². The number of aromatic amines is 1. The highest BCUT2D eigenvalue weighted by atomic mass is 16.6. The van der Waals surface area contributed by atoms with Crippen molar-refractivity contribution in [2.75, 3.05) is 6.61 Å². The van der Waals surface area contributed by atoms with Crippen LogP contribution in [0.3, 0.4) is 0 Å². The lowest BCUT2D eigenvalue weighted by atomic mass is 10.1. The molecular formula is C15H19N5O6. The molecule has 2 aromatic rings. The second-order valence-electron chi connectivity index (χ2n) is 6.04. The van der Waals surface area contributed by atoms with Gasteiger partial charge in [-0.1, -0.05) is 5.21 Å². The number of aliphatic hydroxyl groups is 1. The highest BCUT2D eigenvalue weighted by Gasteiger charge is 2.40. The van der Waals surface area contributed by atoms with Crippen molar-refractivity contribution in [3.63, 3.8) is 0 Å². The SMILES string of the molecule is CC(=O)OC[C@H]1O[C@@H](n2cc(C)c(=O)[nH]c2=O)C[C@@H]1n1nncc1CO. The van der Waals surface area contributed by atoms with Gasteiger partial charge in [-0.3, -0.25) is 19.1 Å². The summed E-state index contributed by atoms with van der Waals surface area (Å²) in [5.74, 6) is -0.464. The van der Waals surface area contributed by atoms with Crippen molar-refractivity contribution in [2.24, 2.45) is 0 Å². The Kier molecular flexibility index (Phi) is 5.00. The smallest absolute Gasteiger partial charge is 0.330 e. The van der Waals surface area contributed by atoms with Crippen LogP contribution < -0.4 is 11.2 Å². The molecule has 1 fully saturated rings. The maximum atomic E-state index is 12.1. The number of hydrogen-bond acceptors (Lipinski definition) is 8. The number of H-pyrrole nitrogens is 1. The number of hydrogen-bond donors (Lipinski definition) is 2. The van der Waals surface area contributed by atoms with Gasteiger partial charge in [0.15, 0.2) is 0 Å². The van der Waals surface area contributed by atoms with E-state index in [4.69, 9.17) is 9.47 Å². The second kappa shape index (κ2) is 7.22. The molecule has 2 aromatic heterocycles. The summed E-state index contributed by atoms with van der Waals surface area (Å²) in [6, 6.07) is -0.414. The van der Waals surface area contributed by atoms with Crippen LogP contribution in [0.4, 0.5) is 0 Å². The molecule has 0 amide bonds. The Morgan fingerprint density at radius 2 is 2.27 bits per heavy atom. The monoisotopic (exact) mass is 365 g/mol. The van der Waals surface area contributed by atoms with E-state index in [1.165, 1.54) is 28.6 Å². The Hall–Kier alpha value is -2.79. The van der Waals surface area contributed by atoms with Gasteiger partial charge in [-0.05, 0) is 6.92 Å². The predicted octanol–water partition coefficient (Wildman–Crippen LogP) is -0.979. The number of carbonyl (C=O) groups is 1. The molecule has 0 radical (unpaired) electrons. The molecule has 26 heavy (non-hydrogen) atoms. The third-order valence-electron chi connectivity index (χ3n) is 4.24. The van der Waals surface area contributed by atoms with E-state index in [9.17, 15) is 19.5 Å². The van der Waals surface area contributed by atoms with Crippen LogP contribution in [0.15, 0.2) is 22.0 Å². The van der Waals surface area contributed by atoms with Gasteiger partial charge < -0.3 is 14.6 Å². The third kappa shape index (κ3) is 3.44. The first-order valence-electron chi connectivity index (χ1n) is 8.01. The molecule has 0 unspecified atom stereocenters. The minimum absolute atomic E-state index is 0.0433. The van der Waals surface area contributed by atoms with Crippen LogP contribution in [0.5, 0.6) is 0 Å². The summed E-state index contributed by atoms with van der Waals surface area (Å²) in [6.45, 7) is 2.55. The average Bonchev–Trinajstić information content (AvgIpc) is 3.22. The van der Waals surface area contributed by atoms with Gasteiger partial charge >= 0.3 is 11.7 Å². The second-order valence-corrected chi connectivity index (χ2v) is 6.04. The summed E-state index contributed by atoms with van der Waals surface area (Å²) in [4.78, 5) is 37.1. The van der Waals surface area contributed by atoms with E-state index >= 15 is 0 Å². The summed E-state index contributed by atoms with van der Waals surface area (Å²) in [6.07, 6.45) is 1.86. The van der Waals surface area contributed by atoms with E-state index in [0.717, 1.165) is 0 Å². The molecule has 0 bridgehead atoms. The molecule has 0 spiro atoms. The number of carbonyl (C=O) groups excluding carboxylic acids is 1. The van der Waals surface area contributed by atoms with Gasteiger partial charge in [0, 0.05) is 25.1 Å². The summed E-state index contributed by atoms with van der Waals surface area (Å²) >= 11 is 0. The number of aliphatic hydroxyl groups excluding tert-OH is 1. The van der Waals surface area contributed by atoms with Crippen LogP contribution in [0, 0.1) is 6.92 Å². The van der Waals surface area contributed by atoms with E-state index < -0.39 is 35.6 Å². The molecule has 0 aromatic carbocycles. The Morgan fingerprint density at radius 3 is 2.96 bits per heavy atom. The number of aromatic nitrogens is 5. The zero-order chi connectivity index (χ0) is 18.8. The third-order valence-corrected chi connectivity index (χ3v) is 4.24. The predicted molar refractivity (Wildman–Crippen MR) is 86.2 cm³/mol. The van der Waals surface area contributed by atoms with Crippen LogP contribution in [-0.4, -0.2) is 48.3 Å². The Labute approximate surface area is 147 Å². The standard InChI is InChI=1S/C15H19N5O6/c1-8-5-19(15(24)17-14(8)23)13-3-11(12(26-13)7-25-9(2)22)20-10(6-21)4-16-18-20/h4-5,11-13,21H,3,6-7H2,1-2H3,(H,17,23,24)/t11-,12+,13+/m0/s1. The molecular weight excluding hydrogens is 346 g/mol. The lowest BCUT2D eigenvalue weighted by Crippen LogP contribution is -2.33. The largest absolute Gasteiger partial charge is 0.463 e. The van der Waals surface area contributed by atoms with Gasteiger partial charge in [-0.25, -0.2) is 9.48 Å². The molecule has 1 saturated heterocycles. The Balaban J connectivity index is 1.93. The molecule has 1 aliphatic heterocycles. The van der Waals surface area contributed by atoms with E-state index in [2.05, 4.69) is 15.3 Å². The Morgan fingerprint density at radius 1 is 1.50 bits per heavy atom. The molecule has 3 rings (SSSR count). The van der Waals surface area contributed by atoms with Crippen molar-refractivity contribution in [3.8, 4) is 0 Å². The van der Waals surface area contributed by atoms with Crippen molar-refractivity contribution >= 4 is 5.97 Å².